The van der Waals surface area contributed by atoms with Crippen molar-refractivity contribution in [2.24, 2.45) is 0 Å². The van der Waals surface area contributed by atoms with E-state index in [0.29, 0.717) is 18.7 Å². The number of rotatable bonds is 6. The molecule has 2 N–H and O–H groups in total. The maximum Gasteiger partial charge on any atom is 0.349 e. The molecule has 29 heavy (non-hydrogen) atoms. The molecule has 0 aliphatic heterocycles. The summed E-state index contributed by atoms with van der Waals surface area (Å²) < 4.78 is 7.02. The lowest BCUT2D eigenvalue weighted by Crippen LogP contribution is -2.31. The molecule has 0 fully saturated rings. The van der Waals surface area contributed by atoms with E-state index in [9.17, 15) is 14.4 Å². The van der Waals surface area contributed by atoms with Crippen LogP contribution < -0.4 is 21.3 Å². The molecule has 1 heterocycles. The summed E-state index contributed by atoms with van der Waals surface area (Å²) in [4.78, 5) is 37.8. The van der Waals surface area contributed by atoms with E-state index in [1.807, 2.05) is 18.2 Å². The van der Waals surface area contributed by atoms with Crippen molar-refractivity contribution in [3.63, 3.8) is 0 Å². The molecule has 0 saturated carbocycles. The van der Waals surface area contributed by atoms with Crippen molar-refractivity contribution in [2.75, 3.05) is 13.7 Å². The van der Waals surface area contributed by atoms with Gasteiger partial charge in [0.05, 0.1) is 23.4 Å². The third-order valence-electron chi connectivity index (χ3n) is 4.09. The Labute approximate surface area is 178 Å². The highest BCUT2D eigenvalue weighted by Gasteiger charge is 2.13. The van der Waals surface area contributed by atoms with E-state index in [2.05, 4.69) is 31.3 Å². The number of benzene rings is 2. The zero-order valence-corrected chi connectivity index (χ0v) is 17.6. The fraction of sp³-hybridized carbons (Fsp3) is 0.158. The van der Waals surface area contributed by atoms with Gasteiger partial charge in [-0.15, -0.1) is 0 Å². The first-order chi connectivity index (χ1) is 13.9. The molecule has 8 nitrogen and oxygen atoms in total. The number of aromatic nitrogens is 3. The molecule has 1 amide bonds. The van der Waals surface area contributed by atoms with Gasteiger partial charge in [0.2, 0.25) is 0 Å². The van der Waals surface area contributed by atoms with Crippen molar-refractivity contribution < 1.29 is 9.53 Å². The van der Waals surface area contributed by atoms with Crippen molar-refractivity contribution in [2.45, 2.75) is 6.42 Å². The zero-order valence-electron chi connectivity index (χ0n) is 15.2. The number of halogens is 2. The van der Waals surface area contributed by atoms with Crippen LogP contribution in [-0.4, -0.2) is 34.3 Å². The van der Waals surface area contributed by atoms with E-state index >= 15 is 0 Å². The maximum absolute atomic E-state index is 12.6. The van der Waals surface area contributed by atoms with Crippen LogP contribution in [0, 0.1) is 0 Å². The molecule has 0 aliphatic rings. The lowest BCUT2D eigenvalue weighted by Gasteiger charge is -2.10. The topological polar surface area (TPSA) is 106 Å². The Balaban J connectivity index is 1.74. The molecule has 10 heteroatoms. The van der Waals surface area contributed by atoms with Crippen molar-refractivity contribution in [3.8, 4) is 11.4 Å². The van der Waals surface area contributed by atoms with Crippen LogP contribution in [-0.2, 0) is 6.42 Å². The minimum Gasteiger partial charge on any atom is -0.497 e. The second kappa shape index (κ2) is 9.06. The fourth-order valence-electron chi connectivity index (χ4n) is 2.62. The van der Waals surface area contributed by atoms with Crippen LogP contribution in [0.15, 0.2) is 56.7 Å². The molecule has 0 bridgehead atoms. The molecule has 0 spiro atoms. The predicted octanol–water partition coefficient (Wildman–Crippen LogP) is 2.32. The number of carbonyl (C=O) groups excluding carboxylic acids is 1. The molecule has 0 aliphatic carbocycles. The van der Waals surface area contributed by atoms with E-state index in [4.69, 9.17) is 16.3 Å². The molecule has 0 saturated heterocycles. The smallest absolute Gasteiger partial charge is 0.349 e. The first-order valence-electron chi connectivity index (χ1n) is 8.48. The molecule has 150 valence electrons. The molecule has 3 rings (SSSR count). The van der Waals surface area contributed by atoms with Gasteiger partial charge in [-0.05, 0) is 42.3 Å². The van der Waals surface area contributed by atoms with Crippen LogP contribution in [0.3, 0.4) is 0 Å². The molecular weight excluding hydrogens is 464 g/mol. The average molecular weight is 480 g/mol. The number of amides is 1. The summed E-state index contributed by atoms with van der Waals surface area (Å²) in [5.41, 5.74) is 0.185. The first kappa shape index (κ1) is 20.8. The Kier molecular flexibility index (Phi) is 6.50. The van der Waals surface area contributed by atoms with Crippen molar-refractivity contribution in [1.82, 2.24) is 20.1 Å². The Morgan fingerprint density at radius 2 is 2.07 bits per heavy atom. The number of nitrogens with zero attached hydrogens (tertiary/aromatic N) is 2. The summed E-state index contributed by atoms with van der Waals surface area (Å²) in [5, 5.41) is 6.81. The Hall–Kier alpha value is -2.91. The van der Waals surface area contributed by atoms with E-state index in [-0.39, 0.29) is 16.5 Å². The van der Waals surface area contributed by atoms with E-state index in [0.717, 1.165) is 26.7 Å². The van der Waals surface area contributed by atoms with Gasteiger partial charge in [0.25, 0.3) is 11.5 Å². The summed E-state index contributed by atoms with van der Waals surface area (Å²) in [6, 6.07) is 10.1. The van der Waals surface area contributed by atoms with Crippen LogP contribution in [0.25, 0.3) is 5.69 Å². The molecule has 0 radical (unpaired) electrons. The Morgan fingerprint density at radius 3 is 2.76 bits per heavy atom. The number of carbonyl (C=O) groups is 1. The lowest BCUT2D eigenvalue weighted by atomic mass is 10.1. The summed E-state index contributed by atoms with van der Waals surface area (Å²) in [6.07, 6.45) is 1.57. The van der Waals surface area contributed by atoms with Crippen LogP contribution >= 0.6 is 27.5 Å². The van der Waals surface area contributed by atoms with Gasteiger partial charge in [-0.1, -0.05) is 33.6 Å². The normalized spacial score (nSPS) is 10.6. The van der Waals surface area contributed by atoms with Crippen molar-refractivity contribution in [3.05, 3.63) is 84.1 Å². The lowest BCUT2D eigenvalue weighted by molar-refractivity contribution is 0.0954. The van der Waals surface area contributed by atoms with Gasteiger partial charge in [-0.2, -0.15) is 9.78 Å². The molecule has 3 aromatic rings. The summed E-state index contributed by atoms with van der Waals surface area (Å²) >= 11 is 9.63. The van der Waals surface area contributed by atoms with Gasteiger partial charge in [0.15, 0.2) is 0 Å². The molecular formula is C19H16BrClN4O4. The molecule has 2 aromatic carbocycles. The van der Waals surface area contributed by atoms with Gasteiger partial charge < -0.3 is 10.1 Å². The number of nitrogens with one attached hydrogen (secondary N) is 2. The van der Waals surface area contributed by atoms with Crippen LogP contribution in [0.4, 0.5) is 0 Å². The minimum absolute atomic E-state index is 0.192. The molecule has 0 atom stereocenters. The number of hydrogen-bond acceptors (Lipinski definition) is 5. The summed E-state index contributed by atoms with van der Waals surface area (Å²) in [5.74, 6) is 0.346. The van der Waals surface area contributed by atoms with Crippen molar-refractivity contribution >= 4 is 33.4 Å². The fourth-order valence-corrected chi connectivity index (χ4v) is 3.38. The van der Waals surface area contributed by atoms with Gasteiger partial charge in [0.1, 0.15) is 11.9 Å². The highest BCUT2D eigenvalue weighted by atomic mass is 79.9. The number of methoxy groups -OCH3 is 1. The maximum atomic E-state index is 12.6. The highest BCUT2D eigenvalue weighted by Crippen LogP contribution is 2.23. The highest BCUT2D eigenvalue weighted by molar-refractivity contribution is 9.10. The first-order valence-corrected chi connectivity index (χ1v) is 9.65. The number of aromatic amines is 1. The minimum atomic E-state index is -0.712. The Morgan fingerprint density at radius 1 is 1.28 bits per heavy atom. The van der Waals surface area contributed by atoms with E-state index in [1.165, 1.54) is 18.2 Å². The SMILES string of the molecule is COc1ccc(CCNC(=O)c2cc(-n3ncc(=O)[nH]c3=O)ccc2Cl)c(Br)c1. The standard InChI is InChI=1S/C19H16BrClN4O4/c1-29-13-4-2-11(15(20)9-13)6-7-22-18(27)14-8-12(3-5-16(14)21)25-19(28)24-17(26)10-23-25/h2-5,8-10H,6-7H2,1H3,(H,22,27)(H,24,26,28). The molecule has 1 aromatic heterocycles. The van der Waals surface area contributed by atoms with Gasteiger partial charge in [-0.3, -0.25) is 14.6 Å². The number of hydrogen-bond donors (Lipinski definition) is 2. The van der Waals surface area contributed by atoms with E-state index in [1.54, 1.807) is 7.11 Å². The van der Waals surface area contributed by atoms with Crippen LogP contribution in [0.5, 0.6) is 5.75 Å². The monoisotopic (exact) mass is 478 g/mol. The zero-order chi connectivity index (χ0) is 21.0. The third kappa shape index (κ3) is 4.93. The number of ether oxygens (including phenoxy) is 1. The quantitative estimate of drug-likeness (QED) is 0.564. The second-order valence-electron chi connectivity index (χ2n) is 5.98. The largest absolute Gasteiger partial charge is 0.497 e. The summed E-state index contributed by atoms with van der Waals surface area (Å²) in [6.45, 7) is 0.376. The van der Waals surface area contributed by atoms with Gasteiger partial charge in [-0.25, -0.2) is 4.79 Å². The van der Waals surface area contributed by atoms with E-state index < -0.39 is 11.2 Å². The predicted molar refractivity (Wildman–Crippen MR) is 112 cm³/mol. The van der Waals surface area contributed by atoms with Gasteiger partial charge in [0, 0.05) is 11.0 Å². The second-order valence-corrected chi connectivity index (χ2v) is 7.24. The molecule has 0 unspecified atom stereocenters. The average Bonchev–Trinajstić information content (AvgIpc) is 2.69. The number of H-pyrrole nitrogens is 1. The summed E-state index contributed by atoms with van der Waals surface area (Å²) in [7, 11) is 1.59. The van der Waals surface area contributed by atoms with Crippen molar-refractivity contribution in [1.29, 1.82) is 0 Å². The van der Waals surface area contributed by atoms with Crippen LogP contribution in [0.1, 0.15) is 15.9 Å². The van der Waals surface area contributed by atoms with Crippen LogP contribution in [0.2, 0.25) is 5.02 Å². The Bertz CT molecular complexity index is 1180. The third-order valence-corrected chi connectivity index (χ3v) is 5.16. The van der Waals surface area contributed by atoms with Gasteiger partial charge >= 0.3 is 5.69 Å².